The highest BCUT2D eigenvalue weighted by Crippen LogP contribution is 2.33. The van der Waals surface area contributed by atoms with Gasteiger partial charge in [0.05, 0.1) is 21.5 Å². The zero-order valence-electron chi connectivity index (χ0n) is 12.0. The SMILES string of the molecule is Cc1ccc(Cl)c(NS(=O)(=O)CCC2CCCCN2)c1Cl. The number of sulfonamides is 1. The number of hydrogen-bond acceptors (Lipinski definition) is 3. The quantitative estimate of drug-likeness (QED) is 0.853. The minimum Gasteiger partial charge on any atom is -0.314 e. The summed E-state index contributed by atoms with van der Waals surface area (Å²) in [5.41, 5.74) is 1.06. The summed E-state index contributed by atoms with van der Waals surface area (Å²) in [4.78, 5) is 0. The summed E-state index contributed by atoms with van der Waals surface area (Å²) in [6.45, 7) is 2.77. The molecule has 1 aliphatic heterocycles. The van der Waals surface area contributed by atoms with Gasteiger partial charge >= 0.3 is 0 Å². The van der Waals surface area contributed by atoms with Gasteiger partial charge in [0.2, 0.25) is 10.0 Å². The molecule has 0 aromatic heterocycles. The van der Waals surface area contributed by atoms with Crippen molar-refractivity contribution in [1.29, 1.82) is 0 Å². The lowest BCUT2D eigenvalue weighted by Gasteiger charge is -2.23. The Morgan fingerprint density at radius 1 is 1.33 bits per heavy atom. The molecule has 1 aromatic rings. The van der Waals surface area contributed by atoms with Crippen LogP contribution >= 0.6 is 23.2 Å². The summed E-state index contributed by atoms with van der Waals surface area (Å²) in [7, 11) is -3.45. The Balaban J connectivity index is 2.02. The van der Waals surface area contributed by atoms with Crippen molar-refractivity contribution in [3.05, 3.63) is 27.7 Å². The lowest BCUT2D eigenvalue weighted by atomic mass is 10.0. The Bertz CT molecular complexity index is 599. The molecule has 118 valence electrons. The van der Waals surface area contributed by atoms with Gasteiger partial charge in [-0.1, -0.05) is 35.7 Å². The molecule has 1 aliphatic rings. The largest absolute Gasteiger partial charge is 0.314 e. The van der Waals surface area contributed by atoms with Crippen LogP contribution in [0.2, 0.25) is 10.0 Å². The van der Waals surface area contributed by atoms with Crippen LogP contribution in [0.15, 0.2) is 12.1 Å². The third-order valence-corrected chi connectivity index (χ3v) is 5.78. The Kier molecular flexibility index (Phi) is 5.77. The van der Waals surface area contributed by atoms with E-state index in [9.17, 15) is 8.42 Å². The maximum atomic E-state index is 12.2. The van der Waals surface area contributed by atoms with E-state index in [1.54, 1.807) is 12.1 Å². The molecule has 0 spiro atoms. The molecule has 1 saturated heterocycles. The lowest BCUT2D eigenvalue weighted by molar-refractivity contribution is 0.393. The summed E-state index contributed by atoms with van der Waals surface area (Å²) in [6.07, 6.45) is 3.94. The van der Waals surface area contributed by atoms with Gasteiger partial charge in [-0.25, -0.2) is 8.42 Å². The molecule has 7 heteroatoms. The summed E-state index contributed by atoms with van der Waals surface area (Å²) >= 11 is 12.2. The van der Waals surface area contributed by atoms with E-state index in [1.165, 1.54) is 0 Å². The van der Waals surface area contributed by atoms with Gasteiger partial charge in [-0.2, -0.15) is 0 Å². The molecule has 1 heterocycles. The first-order valence-corrected chi connectivity index (χ1v) is 9.48. The van der Waals surface area contributed by atoms with E-state index < -0.39 is 10.0 Å². The van der Waals surface area contributed by atoms with Crippen molar-refractivity contribution >= 4 is 38.9 Å². The van der Waals surface area contributed by atoms with Crippen LogP contribution in [0, 0.1) is 6.92 Å². The van der Waals surface area contributed by atoms with Gasteiger partial charge in [-0.05, 0) is 44.4 Å². The molecule has 0 bridgehead atoms. The predicted octanol–water partition coefficient (Wildman–Crippen LogP) is 3.58. The van der Waals surface area contributed by atoms with E-state index in [0.29, 0.717) is 16.5 Å². The van der Waals surface area contributed by atoms with Gasteiger partial charge in [0, 0.05) is 6.04 Å². The topological polar surface area (TPSA) is 58.2 Å². The molecule has 1 fully saturated rings. The first kappa shape index (κ1) is 16.9. The second kappa shape index (κ2) is 7.18. The number of aryl methyl sites for hydroxylation is 1. The second-order valence-corrected chi connectivity index (χ2v) is 8.04. The maximum absolute atomic E-state index is 12.2. The number of anilines is 1. The van der Waals surface area contributed by atoms with E-state index in [4.69, 9.17) is 23.2 Å². The van der Waals surface area contributed by atoms with Crippen LogP contribution in [-0.2, 0) is 10.0 Å². The Labute approximate surface area is 136 Å². The average molecular weight is 351 g/mol. The summed E-state index contributed by atoms with van der Waals surface area (Å²) in [5.74, 6) is 0.0608. The van der Waals surface area contributed by atoms with Crippen LogP contribution < -0.4 is 10.0 Å². The normalized spacial score (nSPS) is 19.5. The van der Waals surface area contributed by atoms with Crippen molar-refractivity contribution < 1.29 is 8.42 Å². The number of piperidine rings is 1. The van der Waals surface area contributed by atoms with Crippen LogP contribution in [0.5, 0.6) is 0 Å². The molecular formula is C14H20Cl2N2O2S. The fraction of sp³-hybridized carbons (Fsp3) is 0.571. The van der Waals surface area contributed by atoms with Crippen LogP contribution in [0.1, 0.15) is 31.2 Å². The van der Waals surface area contributed by atoms with Gasteiger partial charge < -0.3 is 5.32 Å². The highest BCUT2D eigenvalue weighted by atomic mass is 35.5. The van der Waals surface area contributed by atoms with Crippen LogP contribution in [0.25, 0.3) is 0 Å². The van der Waals surface area contributed by atoms with Crippen LogP contribution in [-0.4, -0.2) is 26.8 Å². The Morgan fingerprint density at radius 2 is 2.10 bits per heavy atom. The smallest absolute Gasteiger partial charge is 0.232 e. The number of benzene rings is 1. The van der Waals surface area contributed by atoms with Crippen molar-refractivity contribution in [3.8, 4) is 0 Å². The van der Waals surface area contributed by atoms with Crippen molar-refractivity contribution in [2.45, 2.75) is 38.6 Å². The van der Waals surface area contributed by atoms with Gasteiger partial charge in [-0.3, -0.25) is 4.72 Å². The number of nitrogens with one attached hydrogen (secondary N) is 2. The van der Waals surface area contributed by atoms with Crippen LogP contribution in [0.3, 0.4) is 0 Å². The van der Waals surface area contributed by atoms with Gasteiger partial charge in [0.1, 0.15) is 0 Å². The molecule has 0 aliphatic carbocycles. The fourth-order valence-electron chi connectivity index (χ4n) is 2.42. The van der Waals surface area contributed by atoms with E-state index in [-0.39, 0.29) is 17.5 Å². The molecule has 1 atom stereocenters. The molecule has 4 nitrogen and oxygen atoms in total. The number of halogens is 2. The minimum absolute atomic E-state index is 0.0608. The maximum Gasteiger partial charge on any atom is 0.232 e. The Hall–Kier alpha value is -0.490. The molecule has 21 heavy (non-hydrogen) atoms. The van der Waals surface area contributed by atoms with Gasteiger partial charge in [-0.15, -0.1) is 0 Å². The van der Waals surface area contributed by atoms with Crippen molar-refractivity contribution in [3.63, 3.8) is 0 Å². The minimum atomic E-state index is -3.45. The molecule has 2 N–H and O–H groups in total. The Morgan fingerprint density at radius 3 is 2.76 bits per heavy atom. The van der Waals surface area contributed by atoms with Crippen molar-refractivity contribution in [1.82, 2.24) is 5.32 Å². The monoisotopic (exact) mass is 350 g/mol. The molecule has 1 aromatic carbocycles. The third-order valence-electron chi connectivity index (χ3n) is 3.69. The first-order valence-electron chi connectivity index (χ1n) is 7.07. The lowest BCUT2D eigenvalue weighted by Crippen LogP contribution is -2.36. The highest BCUT2D eigenvalue weighted by molar-refractivity contribution is 7.92. The van der Waals surface area contributed by atoms with E-state index in [1.807, 2.05) is 6.92 Å². The average Bonchev–Trinajstić information content (AvgIpc) is 2.47. The summed E-state index contributed by atoms with van der Waals surface area (Å²) in [5, 5.41) is 4.00. The van der Waals surface area contributed by atoms with E-state index in [0.717, 1.165) is 31.4 Å². The van der Waals surface area contributed by atoms with E-state index in [2.05, 4.69) is 10.0 Å². The summed E-state index contributed by atoms with van der Waals surface area (Å²) < 4.78 is 26.9. The van der Waals surface area contributed by atoms with E-state index >= 15 is 0 Å². The molecule has 2 rings (SSSR count). The molecule has 0 amide bonds. The molecular weight excluding hydrogens is 331 g/mol. The van der Waals surface area contributed by atoms with Crippen LogP contribution in [0.4, 0.5) is 5.69 Å². The second-order valence-electron chi connectivity index (χ2n) is 5.41. The number of hydrogen-bond donors (Lipinski definition) is 2. The van der Waals surface area contributed by atoms with Gasteiger partial charge in [0.25, 0.3) is 0 Å². The van der Waals surface area contributed by atoms with Crippen molar-refractivity contribution in [2.24, 2.45) is 0 Å². The first-order chi connectivity index (χ1) is 9.89. The van der Waals surface area contributed by atoms with Crippen molar-refractivity contribution in [2.75, 3.05) is 17.0 Å². The van der Waals surface area contributed by atoms with Gasteiger partial charge in [0.15, 0.2) is 0 Å². The molecule has 0 saturated carbocycles. The summed E-state index contributed by atoms with van der Waals surface area (Å²) in [6, 6.07) is 3.68. The predicted molar refractivity (Wildman–Crippen MR) is 88.9 cm³/mol. The fourth-order valence-corrected chi connectivity index (χ4v) is 4.22. The zero-order chi connectivity index (χ0) is 15.5. The molecule has 0 radical (unpaired) electrons. The third kappa shape index (κ3) is 4.74. The highest BCUT2D eigenvalue weighted by Gasteiger charge is 2.19. The standard InChI is InChI=1S/C14H20Cl2N2O2S/c1-10-5-6-12(15)14(13(10)16)18-21(19,20)9-7-11-4-2-3-8-17-11/h5-6,11,17-18H,2-4,7-9H2,1H3. The zero-order valence-corrected chi connectivity index (χ0v) is 14.3. The number of rotatable bonds is 5. The molecule has 1 unspecified atom stereocenters.